The normalized spacial score (nSPS) is 23.6. The van der Waals surface area contributed by atoms with Crippen LogP contribution in [0, 0.1) is 0 Å². The molecule has 28 heavy (non-hydrogen) atoms. The Bertz CT molecular complexity index is 725. The van der Waals surface area contributed by atoms with Crippen molar-refractivity contribution in [1.29, 1.82) is 0 Å². The van der Waals surface area contributed by atoms with Gasteiger partial charge in [0.2, 0.25) is 0 Å². The number of hydrogen-bond acceptors (Lipinski definition) is 3. The van der Waals surface area contributed by atoms with Gasteiger partial charge >= 0.3 is 0 Å². The van der Waals surface area contributed by atoms with Gasteiger partial charge in [-0.2, -0.15) is 0 Å². The van der Waals surface area contributed by atoms with Gasteiger partial charge in [-0.05, 0) is 69.3 Å². The van der Waals surface area contributed by atoms with Crippen LogP contribution in [0.25, 0.3) is 0 Å². The molecule has 0 radical (unpaired) electrons. The summed E-state index contributed by atoms with van der Waals surface area (Å²) < 4.78 is 0. The maximum atomic E-state index is 12.9. The smallest absolute Gasteiger partial charge is 0.254 e. The summed E-state index contributed by atoms with van der Waals surface area (Å²) in [5.74, 6) is 0.254. The summed E-state index contributed by atoms with van der Waals surface area (Å²) in [6.07, 6.45) is 8.01. The molecule has 2 fully saturated rings. The van der Waals surface area contributed by atoms with Crippen molar-refractivity contribution in [3.63, 3.8) is 0 Å². The number of benzene rings is 1. The van der Waals surface area contributed by atoms with Crippen LogP contribution in [0.15, 0.2) is 18.2 Å². The van der Waals surface area contributed by atoms with Gasteiger partial charge in [-0.3, -0.25) is 14.5 Å². The summed E-state index contributed by atoms with van der Waals surface area (Å²) in [6, 6.07) is 6.35. The quantitative estimate of drug-likeness (QED) is 0.802. The van der Waals surface area contributed by atoms with E-state index in [4.69, 9.17) is 0 Å². The first kappa shape index (κ1) is 19.4. The lowest BCUT2D eigenvalue weighted by molar-refractivity contribution is 0.0712. The van der Waals surface area contributed by atoms with E-state index in [9.17, 15) is 9.59 Å². The summed E-state index contributed by atoms with van der Waals surface area (Å²) in [5, 5.41) is 0. The second kappa shape index (κ2) is 8.64. The largest absolute Gasteiger partial charge is 0.339 e. The van der Waals surface area contributed by atoms with Gasteiger partial charge in [0, 0.05) is 49.9 Å². The van der Waals surface area contributed by atoms with E-state index in [1.165, 1.54) is 25.7 Å². The SMILES string of the molecule is C[C@@H]1CCCN1CCN1CCc2cc(C(=O)N3CCCCCC3)ccc2C1=O. The summed E-state index contributed by atoms with van der Waals surface area (Å²) in [7, 11) is 0. The molecule has 1 atom stereocenters. The maximum absolute atomic E-state index is 12.9. The number of carbonyl (C=O) groups is 2. The Labute approximate surface area is 168 Å². The standard InChI is InChI=1S/C23H33N3O2/c1-18-7-6-13-24(18)15-16-26-14-10-19-17-20(8-9-21(19)23(26)28)22(27)25-11-4-2-3-5-12-25/h8-9,17-18H,2-7,10-16H2,1H3/t18-/m1/s1. The Morgan fingerprint density at radius 3 is 2.50 bits per heavy atom. The molecule has 2 saturated heterocycles. The van der Waals surface area contributed by atoms with Crippen LogP contribution in [0.5, 0.6) is 0 Å². The van der Waals surface area contributed by atoms with Crippen molar-refractivity contribution in [2.24, 2.45) is 0 Å². The highest BCUT2D eigenvalue weighted by atomic mass is 16.2. The van der Waals surface area contributed by atoms with E-state index in [1.54, 1.807) is 0 Å². The predicted octanol–water partition coefficient (Wildman–Crippen LogP) is 3.19. The molecule has 0 bridgehead atoms. The zero-order valence-corrected chi connectivity index (χ0v) is 17.2. The van der Waals surface area contributed by atoms with E-state index in [-0.39, 0.29) is 11.8 Å². The van der Waals surface area contributed by atoms with E-state index < -0.39 is 0 Å². The molecule has 1 aromatic rings. The van der Waals surface area contributed by atoms with Gasteiger partial charge in [0.15, 0.2) is 0 Å². The molecule has 1 aromatic carbocycles. The molecular weight excluding hydrogens is 350 g/mol. The second-order valence-corrected chi connectivity index (χ2v) is 8.65. The topological polar surface area (TPSA) is 43.9 Å². The Morgan fingerprint density at radius 1 is 1.00 bits per heavy atom. The minimum atomic E-state index is 0.127. The van der Waals surface area contributed by atoms with Crippen molar-refractivity contribution < 1.29 is 9.59 Å². The molecule has 3 aliphatic heterocycles. The molecule has 5 nitrogen and oxygen atoms in total. The molecule has 0 N–H and O–H groups in total. The van der Waals surface area contributed by atoms with Crippen LogP contribution in [0.3, 0.4) is 0 Å². The van der Waals surface area contributed by atoms with Crippen LogP contribution in [-0.2, 0) is 6.42 Å². The van der Waals surface area contributed by atoms with Gasteiger partial charge in [-0.15, -0.1) is 0 Å². The highest BCUT2D eigenvalue weighted by Gasteiger charge is 2.27. The van der Waals surface area contributed by atoms with Crippen molar-refractivity contribution in [3.8, 4) is 0 Å². The van der Waals surface area contributed by atoms with Gasteiger partial charge in [0.1, 0.15) is 0 Å². The fraction of sp³-hybridized carbons (Fsp3) is 0.652. The number of carbonyl (C=O) groups excluding carboxylic acids is 2. The van der Waals surface area contributed by atoms with Crippen molar-refractivity contribution in [3.05, 3.63) is 34.9 Å². The van der Waals surface area contributed by atoms with Crippen molar-refractivity contribution in [1.82, 2.24) is 14.7 Å². The fourth-order valence-electron chi connectivity index (χ4n) is 4.91. The lowest BCUT2D eigenvalue weighted by atomic mass is 9.96. The average Bonchev–Trinajstić information content (AvgIpc) is 2.94. The Balaban J connectivity index is 1.41. The van der Waals surface area contributed by atoms with Crippen LogP contribution in [0.2, 0.25) is 0 Å². The maximum Gasteiger partial charge on any atom is 0.254 e. The summed E-state index contributed by atoms with van der Waals surface area (Å²) in [6.45, 7) is 7.68. The summed E-state index contributed by atoms with van der Waals surface area (Å²) in [4.78, 5) is 32.3. The van der Waals surface area contributed by atoms with Crippen LogP contribution < -0.4 is 0 Å². The van der Waals surface area contributed by atoms with E-state index in [2.05, 4.69) is 11.8 Å². The third kappa shape index (κ3) is 4.09. The van der Waals surface area contributed by atoms with E-state index in [0.717, 1.165) is 75.2 Å². The predicted molar refractivity (Wildman–Crippen MR) is 111 cm³/mol. The highest BCUT2D eigenvalue weighted by molar-refractivity contribution is 6.00. The second-order valence-electron chi connectivity index (χ2n) is 8.65. The fourth-order valence-corrected chi connectivity index (χ4v) is 4.91. The van der Waals surface area contributed by atoms with E-state index in [0.29, 0.717) is 6.04 Å². The molecule has 0 unspecified atom stereocenters. The average molecular weight is 384 g/mol. The zero-order chi connectivity index (χ0) is 19.5. The zero-order valence-electron chi connectivity index (χ0n) is 17.2. The minimum Gasteiger partial charge on any atom is -0.339 e. The van der Waals surface area contributed by atoms with Gasteiger partial charge in [-0.1, -0.05) is 12.8 Å². The first-order chi connectivity index (χ1) is 13.6. The van der Waals surface area contributed by atoms with Crippen molar-refractivity contribution in [2.45, 2.75) is 57.9 Å². The Hall–Kier alpha value is -1.88. The summed E-state index contributed by atoms with van der Waals surface area (Å²) in [5.41, 5.74) is 2.57. The van der Waals surface area contributed by atoms with Crippen LogP contribution in [0.4, 0.5) is 0 Å². The Morgan fingerprint density at radius 2 is 1.79 bits per heavy atom. The van der Waals surface area contributed by atoms with Crippen LogP contribution >= 0.6 is 0 Å². The first-order valence-electron chi connectivity index (χ1n) is 11.1. The Kier molecular flexibility index (Phi) is 6.00. The van der Waals surface area contributed by atoms with Crippen molar-refractivity contribution in [2.75, 3.05) is 39.3 Å². The first-order valence-corrected chi connectivity index (χ1v) is 11.1. The molecule has 2 amide bonds. The number of likely N-dealkylation sites (tertiary alicyclic amines) is 2. The van der Waals surface area contributed by atoms with Gasteiger partial charge in [0.05, 0.1) is 0 Å². The molecule has 0 aliphatic carbocycles. The molecular formula is C23H33N3O2. The molecule has 0 saturated carbocycles. The van der Waals surface area contributed by atoms with Gasteiger partial charge < -0.3 is 9.80 Å². The molecule has 0 spiro atoms. The molecule has 0 aromatic heterocycles. The lowest BCUT2D eigenvalue weighted by Crippen LogP contribution is -2.43. The molecule has 3 heterocycles. The number of hydrogen-bond donors (Lipinski definition) is 0. The van der Waals surface area contributed by atoms with Gasteiger partial charge in [0.25, 0.3) is 11.8 Å². The molecule has 5 heteroatoms. The number of nitrogens with zero attached hydrogens (tertiary/aromatic N) is 3. The third-order valence-corrected chi connectivity index (χ3v) is 6.76. The molecule has 152 valence electrons. The minimum absolute atomic E-state index is 0.127. The van der Waals surface area contributed by atoms with Crippen LogP contribution in [0.1, 0.15) is 71.7 Å². The summed E-state index contributed by atoms with van der Waals surface area (Å²) >= 11 is 0. The van der Waals surface area contributed by atoms with E-state index >= 15 is 0 Å². The third-order valence-electron chi connectivity index (χ3n) is 6.76. The van der Waals surface area contributed by atoms with Crippen LogP contribution in [-0.4, -0.2) is 71.8 Å². The lowest BCUT2D eigenvalue weighted by Gasteiger charge is -2.31. The number of amides is 2. The highest BCUT2D eigenvalue weighted by Crippen LogP contribution is 2.23. The molecule has 3 aliphatic rings. The monoisotopic (exact) mass is 383 g/mol. The van der Waals surface area contributed by atoms with E-state index in [1.807, 2.05) is 28.0 Å². The van der Waals surface area contributed by atoms with Gasteiger partial charge in [-0.25, -0.2) is 0 Å². The number of rotatable bonds is 4. The molecule has 4 rings (SSSR count). The van der Waals surface area contributed by atoms with Crippen molar-refractivity contribution >= 4 is 11.8 Å². The number of fused-ring (bicyclic) bond motifs is 1.